The van der Waals surface area contributed by atoms with Gasteiger partial charge in [0.15, 0.2) is 5.17 Å². The SMILES string of the molecule is COCCOC(=O)C1=C(C)N=C2SC=C(CC(=O)NCC3CC3)N2C1c1cccc(Cl)c1. The van der Waals surface area contributed by atoms with E-state index >= 15 is 0 Å². The smallest absolute Gasteiger partial charge is 0.338 e. The van der Waals surface area contributed by atoms with Gasteiger partial charge in [0.1, 0.15) is 6.61 Å². The van der Waals surface area contributed by atoms with E-state index in [1.165, 1.54) is 24.6 Å². The maximum absolute atomic E-state index is 13.1. The Morgan fingerprint density at radius 1 is 1.31 bits per heavy atom. The molecule has 170 valence electrons. The van der Waals surface area contributed by atoms with Crippen molar-refractivity contribution in [1.82, 2.24) is 10.2 Å². The van der Waals surface area contributed by atoms with E-state index in [0.717, 1.165) is 16.4 Å². The number of halogens is 1. The number of thioether (sulfide) groups is 1. The van der Waals surface area contributed by atoms with E-state index in [9.17, 15) is 9.59 Å². The van der Waals surface area contributed by atoms with Crippen LogP contribution in [0.3, 0.4) is 0 Å². The van der Waals surface area contributed by atoms with Crippen molar-refractivity contribution in [2.45, 2.75) is 32.2 Å². The number of nitrogens with zero attached hydrogens (tertiary/aromatic N) is 2. The maximum Gasteiger partial charge on any atom is 0.338 e. The van der Waals surface area contributed by atoms with Crippen molar-refractivity contribution in [1.29, 1.82) is 0 Å². The Morgan fingerprint density at radius 2 is 2.12 bits per heavy atom. The Balaban J connectivity index is 1.63. The van der Waals surface area contributed by atoms with Crippen molar-refractivity contribution in [3.05, 3.63) is 57.2 Å². The normalized spacial score (nSPS) is 20.0. The number of amidine groups is 1. The van der Waals surface area contributed by atoms with E-state index in [1.807, 2.05) is 28.5 Å². The van der Waals surface area contributed by atoms with Crippen molar-refractivity contribution in [2.75, 3.05) is 26.9 Å². The van der Waals surface area contributed by atoms with E-state index in [0.29, 0.717) is 35.4 Å². The van der Waals surface area contributed by atoms with Gasteiger partial charge in [0.2, 0.25) is 5.91 Å². The number of esters is 1. The highest BCUT2D eigenvalue weighted by atomic mass is 35.5. The van der Waals surface area contributed by atoms with E-state index in [4.69, 9.17) is 21.1 Å². The molecule has 1 amide bonds. The number of amides is 1. The molecule has 32 heavy (non-hydrogen) atoms. The van der Waals surface area contributed by atoms with E-state index in [2.05, 4.69) is 10.3 Å². The fourth-order valence-corrected chi connectivity index (χ4v) is 4.89. The Hall–Kier alpha value is -2.29. The summed E-state index contributed by atoms with van der Waals surface area (Å²) in [7, 11) is 1.55. The number of benzene rings is 1. The molecule has 0 spiro atoms. The molecule has 1 aromatic rings. The third kappa shape index (κ3) is 5.19. The standard InChI is InChI=1S/C23H26ClN3O4S/c1-14-20(22(29)31-9-8-30-2)21(16-4-3-5-17(24)10-16)27-18(13-32-23(27)26-14)11-19(28)25-12-15-6-7-15/h3-5,10,13,15,21H,6-9,11-12H2,1-2H3,(H,25,28). The number of fused-ring (bicyclic) bond motifs is 1. The van der Waals surface area contributed by atoms with Crippen molar-refractivity contribution in [3.63, 3.8) is 0 Å². The monoisotopic (exact) mass is 475 g/mol. The summed E-state index contributed by atoms with van der Waals surface area (Å²) in [6.45, 7) is 2.97. The summed E-state index contributed by atoms with van der Waals surface area (Å²) in [6, 6.07) is 6.90. The predicted octanol–water partition coefficient (Wildman–Crippen LogP) is 4.02. The summed E-state index contributed by atoms with van der Waals surface area (Å²) in [5.41, 5.74) is 2.64. The van der Waals surface area contributed by atoms with Gasteiger partial charge in [-0.3, -0.25) is 4.79 Å². The van der Waals surface area contributed by atoms with Gasteiger partial charge >= 0.3 is 5.97 Å². The van der Waals surface area contributed by atoms with Crippen LogP contribution in [0.1, 0.15) is 37.8 Å². The van der Waals surface area contributed by atoms with Crippen LogP contribution in [0.15, 0.2) is 51.6 Å². The highest BCUT2D eigenvalue weighted by molar-refractivity contribution is 8.16. The largest absolute Gasteiger partial charge is 0.460 e. The fourth-order valence-electron chi connectivity index (χ4n) is 3.73. The molecular formula is C23H26ClN3O4S. The summed E-state index contributed by atoms with van der Waals surface area (Å²) in [5.74, 6) is 0.114. The average molecular weight is 476 g/mol. The molecule has 3 aliphatic rings. The van der Waals surface area contributed by atoms with Crippen LogP contribution in [-0.2, 0) is 19.1 Å². The molecule has 1 aliphatic carbocycles. The maximum atomic E-state index is 13.1. The van der Waals surface area contributed by atoms with Gasteiger partial charge in [-0.25, -0.2) is 9.79 Å². The number of aliphatic imine (C=N–C) groups is 1. The minimum absolute atomic E-state index is 0.0367. The first-order valence-corrected chi connectivity index (χ1v) is 11.9. The van der Waals surface area contributed by atoms with Crippen LogP contribution in [0.2, 0.25) is 5.02 Å². The summed E-state index contributed by atoms with van der Waals surface area (Å²) < 4.78 is 10.5. The Labute approximate surface area is 196 Å². The molecule has 1 unspecified atom stereocenters. The molecule has 1 fully saturated rings. The zero-order valence-electron chi connectivity index (χ0n) is 18.1. The molecule has 4 rings (SSSR count). The van der Waals surface area contributed by atoms with Crippen molar-refractivity contribution in [3.8, 4) is 0 Å². The van der Waals surface area contributed by atoms with Crippen LogP contribution in [0.5, 0.6) is 0 Å². The molecule has 2 aliphatic heterocycles. The van der Waals surface area contributed by atoms with Crippen LogP contribution in [0.25, 0.3) is 0 Å². The number of hydrogen-bond donors (Lipinski definition) is 1. The Kier molecular flexibility index (Phi) is 7.23. The lowest BCUT2D eigenvalue weighted by Gasteiger charge is -2.36. The molecule has 7 nitrogen and oxygen atoms in total. The number of hydrogen-bond acceptors (Lipinski definition) is 7. The summed E-state index contributed by atoms with van der Waals surface area (Å²) in [4.78, 5) is 32.3. The number of allylic oxidation sites excluding steroid dienone is 1. The number of carbonyl (C=O) groups excluding carboxylic acids is 2. The second-order valence-electron chi connectivity index (χ2n) is 8.00. The minimum Gasteiger partial charge on any atom is -0.460 e. The predicted molar refractivity (Wildman–Crippen MR) is 125 cm³/mol. The Morgan fingerprint density at radius 3 is 2.84 bits per heavy atom. The number of methoxy groups -OCH3 is 1. The van der Waals surface area contributed by atoms with Gasteiger partial charge in [0.05, 0.1) is 30.3 Å². The molecule has 2 heterocycles. The molecule has 1 aromatic carbocycles. The number of rotatable bonds is 9. The van der Waals surface area contributed by atoms with Gasteiger partial charge in [0.25, 0.3) is 0 Å². The summed E-state index contributed by atoms with van der Waals surface area (Å²) >= 11 is 7.74. The Bertz CT molecular complexity index is 1000. The van der Waals surface area contributed by atoms with Gasteiger partial charge < -0.3 is 19.7 Å². The molecule has 9 heteroatoms. The molecule has 0 radical (unpaired) electrons. The van der Waals surface area contributed by atoms with Crippen LogP contribution >= 0.6 is 23.4 Å². The second-order valence-corrected chi connectivity index (χ2v) is 9.27. The quantitative estimate of drug-likeness (QED) is 0.429. The highest BCUT2D eigenvalue weighted by Gasteiger charge is 2.41. The molecule has 0 saturated heterocycles. The first kappa shape index (κ1) is 22.9. The van der Waals surface area contributed by atoms with Crippen LogP contribution in [-0.4, -0.2) is 48.8 Å². The van der Waals surface area contributed by atoms with Crippen LogP contribution < -0.4 is 5.32 Å². The van der Waals surface area contributed by atoms with E-state index in [1.54, 1.807) is 20.1 Å². The second kappa shape index (κ2) is 10.1. The molecular weight excluding hydrogens is 450 g/mol. The van der Waals surface area contributed by atoms with Crippen LogP contribution in [0.4, 0.5) is 0 Å². The van der Waals surface area contributed by atoms with Gasteiger partial charge in [-0.15, -0.1) is 0 Å². The molecule has 0 bridgehead atoms. The van der Waals surface area contributed by atoms with E-state index < -0.39 is 12.0 Å². The summed E-state index contributed by atoms with van der Waals surface area (Å²) in [6.07, 6.45) is 2.56. The van der Waals surface area contributed by atoms with Gasteiger partial charge in [-0.05, 0) is 48.8 Å². The fraction of sp³-hybridized carbons (Fsp3) is 0.435. The van der Waals surface area contributed by atoms with Gasteiger partial charge in [0, 0.05) is 24.4 Å². The van der Waals surface area contributed by atoms with Crippen LogP contribution in [0, 0.1) is 5.92 Å². The van der Waals surface area contributed by atoms with Crippen molar-refractivity contribution >= 4 is 40.4 Å². The number of ether oxygens (including phenoxy) is 2. The molecule has 1 N–H and O–H groups in total. The zero-order valence-corrected chi connectivity index (χ0v) is 19.7. The third-order valence-corrected chi connectivity index (χ3v) is 6.66. The lowest BCUT2D eigenvalue weighted by atomic mass is 9.94. The van der Waals surface area contributed by atoms with Gasteiger partial charge in [-0.1, -0.05) is 35.5 Å². The van der Waals surface area contributed by atoms with Crippen molar-refractivity contribution < 1.29 is 19.1 Å². The molecule has 0 aromatic heterocycles. The first-order valence-electron chi connectivity index (χ1n) is 10.6. The van der Waals surface area contributed by atoms with E-state index in [-0.39, 0.29) is 18.9 Å². The van der Waals surface area contributed by atoms with Gasteiger partial charge in [-0.2, -0.15) is 0 Å². The number of carbonyl (C=O) groups is 2. The zero-order chi connectivity index (χ0) is 22.7. The topological polar surface area (TPSA) is 80.2 Å². The number of nitrogens with one attached hydrogen (secondary N) is 1. The minimum atomic E-state index is -0.492. The lowest BCUT2D eigenvalue weighted by molar-refractivity contribution is -0.141. The molecule has 1 atom stereocenters. The molecule has 1 saturated carbocycles. The third-order valence-electron chi connectivity index (χ3n) is 5.53. The lowest BCUT2D eigenvalue weighted by Crippen LogP contribution is -2.38. The first-order chi connectivity index (χ1) is 15.5. The summed E-state index contributed by atoms with van der Waals surface area (Å²) in [5, 5.41) is 6.24. The van der Waals surface area contributed by atoms with Crippen molar-refractivity contribution in [2.24, 2.45) is 10.9 Å². The highest BCUT2D eigenvalue weighted by Crippen LogP contribution is 2.45. The average Bonchev–Trinajstić information content (AvgIpc) is 3.52.